The van der Waals surface area contributed by atoms with E-state index in [9.17, 15) is 9.18 Å². The summed E-state index contributed by atoms with van der Waals surface area (Å²) in [6, 6.07) is 11.3. The summed E-state index contributed by atoms with van der Waals surface area (Å²) in [6.45, 7) is 0. The van der Waals surface area contributed by atoms with Crippen LogP contribution < -0.4 is 5.69 Å². The van der Waals surface area contributed by atoms with Gasteiger partial charge in [0.05, 0.1) is 16.7 Å². The van der Waals surface area contributed by atoms with Gasteiger partial charge in [0.2, 0.25) is 0 Å². The second-order valence-corrected chi connectivity index (χ2v) is 4.73. The first-order valence-corrected chi connectivity index (χ1v) is 6.11. The van der Waals surface area contributed by atoms with Gasteiger partial charge in [-0.15, -0.1) is 0 Å². The Balaban J connectivity index is 2.38. The molecule has 3 aromatic rings. The Morgan fingerprint density at radius 1 is 1.11 bits per heavy atom. The van der Waals surface area contributed by atoms with Crippen molar-refractivity contribution in [1.29, 1.82) is 0 Å². The summed E-state index contributed by atoms with van der Waals surface area (Å²) < 4.78 is 15.2. The van der Waals surface area contributed by atoms with E-state index in [1.807, 2.05) is 18.2 Å². The predicted octanol–water partition coefficient (Wildman–Crippen LogP) is 3.22. The van der Waals surface area contributed by atoms with E-state index >= 15 is 0 Å². The zero-order valence-corrected chi connectivity index (χ0v) is 10.7. The topological polar surface area (TPSA) is 37.8 Å². The number of aromatic nitrogens is 2. The van der Waals surface area contributed by atoms with E-state index in [2.05, 4.69) is 20.9 Å². The Bertz CT molecular complexity index is 774. The number of halogens is 2. The minimum absolute atomic E-state index is 0.247. The first-order chi connectivity index (χ1) is 8.66. The van der Waals surface area contributed by atoms with Crippen molar-refractivity contribution in [2.75, 3.05) is 0 Å². The monoisotopic (exact) mass is 306 g/mol. The molecule has 0 unspecified atom stereocenters. The average molecular weight is 307 g/mol. The Morgan fingerprint density at radius 2 is 1.83 bits per heavy atom. The fourth-order valence-corrected chi connectivity index (χ4v) is 2.50. The third-order valence-electron chi connectivity index (χ3n) is 2.74. The highest BCUT2D eigenvalue weighted by Gasteiger charge is 2.11. The molecule has 0 saturated heterocycles. The molecule has 0 amide bonds. The number of aromatic amines is 1. The maximum absolute atomic E-state index is 12.9. The second-order valence-electron chi connectivity index (χ2n) is 3.88. The molecule has 0 radical (unpaired) electrons. The highest BCUT2D eigenvalue weighted by Crippen LogP contribution is 2.23. The van der Waals surface area contributed by atoms with Crippen LogP contribution >= 0.6 is 15.9 Å². The van der Waals surface area contributed by atoms with Gasteiger partial charge < -0.3 is 4.98 Å². The lowest BCUT2D eigenvalue weighted by molar-refractivity contribution is 0.627. The lowest BCUT2D eigenvalue weighted by Gasteiger charge is -2.04. The molecule has 18 heavy (non-hydrogen) atoms. The van der Waals surface area contributed by atoms with Crippen LogP contribution in [0.15, 0.2) is 51.7 Å². The standard InChI is InChI=1S/C13H8BrFN2O/c14-10-2-1-3-11-12(10)17(13(18)16-11)9-6-4-8(15)5-7-9/h1-7H,(H,16,18). The van der Waals surface area contributed by atoms with Crippen molar-refractivity contribution in [3.8, 4) is 5.69 Å². The summed E-state index contributed by atoms with van der Waals surface area (Å²) in [4.78, 5) is 14.7. The van der Waals surface area contributed by atoms with Crippen LogP contribution in [-0.2, 0) is 0 Å². The number of para-hydroxylation sites is 1. The van der Waals surface area contributed by atoms with Gasteiger partial charge in [-0.2, -0.15) is 0 Å². The summed E-state index contributed by atoms with van der Waals surface area (Å²) in [5.74, 6) is -0.328. The van der Waals surface area contributed by atoms with Crippen LogP contribution in [0.25, 0.3) is 16.7 Å². The number of fused-ring (bicyclic) bond motifs is 1. The van der Waals surface area contributed by atoms with Crippen LogP contribution in [0.3, 0.4) is 0 Å². The molecule has 90 valence electrons. The van der Waals surface area contributed by atoms with E-state index in [0.717, 1.165) is 15.5 Å². The Kier molecular flexibility index (Phi) is 2.56. The first kappa shape index (κ1) is 11.2. The number of nitrogens with one attached hydrogen (secondary N) is 1. The number of benzene rings is 2. The van der Waals surface area contributed by atoms with Gasteiger partial charge in [-0.1, -0.05) is 6.07 Å². The minimum Gasteiger partial charge on any atom is -0.305 e. The minimum atomic E-state index is -0.328. The van der Waals surface area contributed by atoms with Gasteiger partial charge >= 0.3 is 5.69 Å². The van der Waals surface area contributed by atoms with E-state index in [4.69, 9.17) is 0 Å². The number of nitrogens with zero attached hydrogens (tertiary/aromatic N) is 1. The molecule has 0 saturated carbocycles. The summed E-state index contributed by atoms with van der Waals surface area (Å²) in [7, 11) is 0. The molecule has 2 aromatic carbocycles. The van der Waals surface area contributed by atoms with Crippen LogP contribution in [0.1, 0.15) is 0 Å². The Labute approximate surface area is 110 Å². The smallest absolute Gasteiger partial charge is 0.305 e. The summed E-state index contributed by atoms with van der Waals surface area (Å²) in [6.07, 6.45) is 0. The molecule has 5 heteroatoms. The van der Waals surface area contributed by atoms with E-state index in [1.54, 1.807) is 12.1 Å². The molecule has 0 atom stereocenters. The quantitative estimate of drug-likeness (QED) is 0.736. The largest absolute Gasteiger partial charge is 0.331 e. The fraction of sp³-hybridized carbons (Fsp3) is 0. The van der Waals surface area contributed by atoms with E-state index in [-0.39, 0.29) is 11.5 Å². The highest BCUT2D eigenvalue weighted by molar-refractivity contribution is 9.10. The summed E-state index contributed by atoms with van der Waals surface area (Å²) in [5, 5.41) is 0. The number of hydrogen-bond acceptors (Lipinski definition) is 1. The van der Waals surface area contributed by atoms with Gasteiger partial charge in [-0.05, 0) is 52.3 Å². The maximum Gasteiger partial charge on any atom is 0.331 e. The Morgan fingerprint density at radius 3 is 2.56 bits per heavy atom. The maximum atomic E-state index is 12.9. The van der Waals surface area contributed by atoms with Crippen molar-refractivity contribution in [2.45, 2.75) is 0 Å². The first-order valence-electron chi connectivity index (χ1n) is 5.32. The molecule has 0 bridgehead atoms. The average Bonchev–Trinajstić information content (AvgIpc) is 2.68. The zero-order chi connectivity index (χ0) is 12.7. The molecule has 0 spiro atoms. The van der Waals surface area contributed by atoms with Crippen molar-refractivity contribution in [3.63, 3.8) is 0 Å². The van der Waals surface area contributed by atoms with Crippen LogP contribution in [0, 0.1) is 5.82 Å². The number of imidazole rings is 1. The molecule has 0 aliphatic heterocycles. The van der Waals surface area contributed by atoms with Gasteiger partial charge in [0.15, 0.2) is 0 Å². The molecule has 0 fully saturated rings. The third kappa shape index (κ3) is 1.67. The number of rotatable bonds is 1. The van der Waals surface area contributed by atoms with Gasteiger partial charge in [-0.25, -0.2) is 9.18 Å². The second kappa shape index (κ2) is 4.10. The molecular formula is C13H8BrFN2O. The predicted molar refractivity (Wildman–Crippen MR) is 71.6 cm³/mol. The third-order valence-corrected chi connectivity index (χ3v) is 3.38. The van der Waals surface area contributed by atoms with Gasteiger partial charge in [0.25, 0.3) is 0 Å². The molecule has 1 N–H and O–H groups in total. The SMILES string of the molecule is O=c1[nH]c2cccc(Br)c2n1-c1ccc(F)cc1. The van der Waals surface area contributed by atoms with Gasteiger partial charge in [-0.3, -0.25) is 4.57 Å². The normalized spacial score (nSPS) is 11.0. The summed E-state index contributed by atoms with van der Waals surface area (Å²) >= 11 is 3.42. The van der Waals surface area contributed by atoms with E-state index in [0.29, 0.717) is 5.69 Å². The molecule has 3 nitrogen and oxygen atoms in total. The zero-order valence-electron chi connectivity index (χ0n) is 9.15. The number of hydrogen-bond donors (Lipinski definition) is 1. The van der Waals surface area contributed by atoms with Gasteiger partial charge in [0, 0.05) is 4.47 Å². The van der Waals surface area contributed by atoms with Crippen molar-refractivity contribution in [1.82, 2.24) is 9.55 Å². The lowest BCUT2D eigenvalue weighted by Crippen LogP contribution is -2.14. The van der Waals surface area contributed by atoms with E-state index < -0.39 is 0 Å². The van der Waals surface area contributed by atoms with Crippen LogP contribution in [0.5, 0.6) is 0 Å². The fourth-order valence-electron chi connectivity index (χ4n) is 1.95. The lowest BCUT2D eigenvalue weighted by atomic mass is 10.3. The highest BCUT2D eigenvalue weighted by atomic mass is 79.9. The van der Waals surface area contributed by atoms with Crippen molar-refractivity contribution in [2.24, 2.45) is 0 Å². The van der Waals surface area contributed by atoms with Crippen molar-refractivity contribution < 1.29 is 4.39 Å². The number of H-pyrrole nitrogens is 1. The molecule has 3 rings (SSSR count). The molecule has 0 aliphatic rings. The summed E-state index contributed by atoms with van der Waals surface area (Å²) in [5.41, 5.74) is 1.86. The molecule has 0 aliphatic carbocycles. The molecule has 1 aromatic heterocycles. The van der Waals surface area contributed by atoms with Gasteiger partial charge in [0.1, 0.15) is 5.82 Å². The van der Waals surface area contributed by atoms with Crippen LogP contribution in [-0.4, -0.2) is 9.55 Å². The van der Waals surface area contributed by atoms with Crippen molar-refractivity contribution in [3.05, 3.63) is 63.2 Å². The molecule has 1 heterocycles. The van der Waals surface area contributed by atoms with E-state index in [1.165, 1.54) is 16.7 Å². The van der Waals surface area contributed by atoms with Crippen molar-refractivity contribution >= 4 is 27.0 Å². The van der Waals surface area contributed by atoms with Crippen LogP contribution in [0.4, 0.5) is 4.39 Å². The Hall–Kier alpha value is -1.88. The molecular weight excluding hydrogens is 299 g/mol. The van der Waals surface area contributed by atoms with Crippen LogP contribution in [0.2, 0.25) is 0 Å².